The van der Waals surface area contributed by atoms with Gasteiger partial charge in [0.2, 0.25) is 11.8 Å². The van der Waals surface area contributed by atoms with Gasteiger partial charge < -0.3 is 23.7 Å². The molecule has 4 aromatic rings. The molecule has 0 spiro atoms. The van der Waals surface area contributed by atoms with Crippen LogP contribution in [0.4, 0.5) is 0 Å². The maximum Gasteiger partial charge on any atom is 0.275 e. The van der Waals surface area contributed by atoms with Crippen LogP contribution < -0.4 is 15.0 Å². The van der Waals surface area contributed by atoms with E-state index >= 15 is 0 Å². The Hall–Kier alpha value is -3.50. The van der Waals surface area contributed by atoms with E-state index in [1.165, 1.54) is 18.2 Å². The van der Waals surface area contributed by atoms with Crippen molar-refractivity contribution in [2.24, 2.45) is 0 Å². The molecule has 2 heterocycles. The number of halogens is 1. The molecule has 41 heavy (non-hydrogen) atoms. The molecule has 2 aromatic carbocycles. The molecule has 12 radical (unpaired) electrons. The van der Waals surface area contributed by atoms with Crippen LogP contribution in [-0.2, 0) is 17.8 Å². The Labute approximate surface area is 248 Å². The van der Waals surface area contributed by atoms with Crippen LogP contribution in [0.2, 0.25) is 5.02 Å². The van der Waals surface area contributed by atoms with Crippen LogP contribution in [0.15, 0.2) is 51.7 Å². The lowest BCUT2D eigenvalue weighted by Gasteiger charge is -2.30. The van der Waals surface area contributed by atoms with Crippen molar-refractivity contribution in [1.29, 1.82) is 0 Å². The summed E-state index contributed by atoms with van der Waals surface area (Å²) in [6, 6.07) is 11.2. The van der Waals surface area contributed by atoms with E-state index in [1.54, 1.807) is 31.2 Å². The van der Waals surface area contributed by atoms with Gasteiger partial charge in [0.25, 0.3) is 11.4 Å². The number of ether oxygens (including phenoxy) is 3. The van der Waals surface area contributed by atoms with Crippen molar-refractivity contribution in [2.75, 3.05) is 6.61 Å². The average Bonchev–Trinajstić information content (AvgIpc) is 3.31. The fraction of sp³-hybridized carbons (Fsp3) is 0.250. The Bertz CT molecular complexity index is 1550. The molecule has 0 aliphatic heterocycles. The first-order valence-electron chi connectivity index (χ1n) is 12.0. The third-order valence-electron chi connectivity index (χ3n) is 5.28. The molecule has 0 fully saturated rings. The van der Waals surface area contributed by atoms with Crippen molar-refractivity contribution in [3.8, 4) is 34.5 Å². The summed E-state index contributed by atoms with van der Waals surface area (Å²) in [6.45, 7) is 1.71. The van der Waals surface area contributed by atoms with E-state index < -0.39 is 27.6 Å². The van der Waals surface area contributed by atoms with Gasteiger partial charge in [-0.1, -0.05) is 29.8 Å². The summed E-state index contributed by atoms with van der Waals surface area (Å²) in [5.41, 5.74) is -0.701. The van der Waals surface area contributed by atoms with Crippen LogP contribution in [0.5, 0.6) is 17.4 Å². The SMILES string of the molecule is [B]C([B])([B])Oc1cccc(OC([B])([B])[B])c1-n1c(COCC)nc(O)c(-c2nnc(Cc3ccc(Cl)cc3)o2)c1=O. The van der Waals surface area contributed by atoms with Gasteiger partial charge in [-0.3, -0.25) is 9.36 Å². The summed E-state index contributed by atoms with van der Waals surface area (Å²) in [5, 5.41) is 14.9. The topological polar surface area (TPSA) is 122 Å². The van der Waals surface area contributed by atoms with Crippen molar-refractivity contribution in [2.45, 2.75) is 30.5 Å². The highest BCUT2D eigenvalue weighted by atomic mass is 35.5. The molecular formula is C24H17B6ClN4O6. The van der Waals surface area contributed by atoms with E-state index in [0.717, 1.165) is 10.1 Å². The fourth-order valence-corrected chi connectivity index (χ4v) is 3.86. The fourth-order valence-electron chi connectivity index (χ4n) is 3.73. The maximum atomic E-state index is 14.1. The monoisotopic (exact) mass is 558 g/mol. The van der Waals surface area contributed by atoms with Crippen LogP contribution in [0.3, 0.4) is 0 Å². The molecule has 1 N–H and O–H groups in total. The molecule has 0 saturated heterocycles. The molecule has 0 bridgehead atoms. The van der Waals surface area contributed by atoms with Gasteiger partial charge in [0.1, 0.15) is 76.7 Å². The van der Waals surface area contributed by atoms with Crippen LogP contribution in [0.25, 0.3) is 17.1 Å². The molecule has 10 nitrogen and oxygen atoms in total. The van der Waals surface area contributed by atoms with Gasteiger partial charge in [0.05, 0.1) is 6.42 Å². The van der Waals surface area contributed by atoms with Crippen molar-refractivity contribution in [1.82, 2.24) is 19.7 Å². The molecule has 2 aromatic heterocycles. The van der Waals surface area contributed by atoms with Crippen LogP contribution in [0.1, 0.15) is 24.2 Å². The second-order valence-electron chi connectivity index (χ2n) is 8.82. The summed E-state index contributed by atoms with van der Waals surface area (Å²) in [7, 11) is 34.1. The molecule has 0 saturated carbocycles. The molecule has 0 amide bonds. The van der Waals surface area contributed by atoms with E-state index in [1.807, 2.05) is 0 Å². The van der Waals surface area contributed by atoms with Gasteiger partial charge in [0, 0.05) is 11.6 Å². The average molecular weight is 558 g/mol. The number of aromatic nitrogens is 4. The first-order valence-corrected chi connectivity index (χ1v) is 12.4. The number of hydrogen-bond acceptors (Lipinski definition) is 9. The molecular weight excluding hydrogens is 541 g/mol. The van der Waals surface area contributed by atoms with Crippen molar-refractivity contribution < 1.29 is 23.7 Å². The zero-order valence-electron chi connectivity index (χ0n) is 21.8. The largest absolute Gasteiger partial charge is 0.514 e. The van der Waals surface area contributed by atoms with E-state index in [2.05, 4.69) is 15.2 Å². The Kier molecular flexibility index (Phi) is 9.03. The zero-order chi connectivity index (χ0) is 29.9. The number of hydrogen-bond donors (Lipinski definition) is 1. The highest BCUT2D eigenvalue weighted by Gasteiger charge is 2.29. The van der Waals surface area contributed by atoms with Gasteiger partial charge >= 0.3 is 0 Å². The molecule has 0 aliphatic carbocycles. The molecule has 17 heteroatoms. The number of para-hydroxylation sites is 1. The lowest BCUT2D eigenvalue weighted by Crippen LogP contribution is -2.40. The standard InChI is InChI=1S/C24H17B6ClN4O6/c1-2-38-11-16-32-20(36)18(21-34-33-17(39-21)10-12-6-8-13(31)9-7-12)22(37)35(16)19-14(40-23(25,26)27)4-3-5-15(19)41-24(28,29)30/h3-9,36H,2,10-11H2,1H3. The Morgan fingerprint density at radius 3 is 2.15 bits per heavy atom. The third kappa shape index (κ3) is 7.62. The van der Waals surface area contributed by atoms with Crippen LogP contribution >= 0.6 is 11.6 Å². The summed E-state index contributed by atoms with van der Waals surface area (Å²) >= 11 is 5.94. The summed E-state index contributed by atoms with van der Waals surface area (Å²) in [5.74, 6) is -1.30. The molecule has 0 unspecified atom stereocenters. The van der Waals surface area contributed by atoms with Crippen LogP contribution in [-0.4, -0.2) is 89.1 Å². The molecule has 4 rings (SSSR count). The van der Waals surface area contributed by atoms with Gasteiger partial charge in [-0.15, -0.1) is 10.2 Å². The molecule has 194 valence electrons. The lowest BCUT2D eigenvalue weighted by atomic mass is 9.52. The first kappa shape index (κ1) is 30.5. The smallest absolute Gasteiger partial charge is 0.275 e. The van der Waals surface area contributed by atoms with Crippen molar-refractivity contribution in [3.63, 3.8) is 0 Å². The van der Waals surface area contributed by atoms with Gasteiger partial charge in [0.15, 0.2) is 5.56 Å². The second-order valence-corrected chi connectivity index (χ2v) is 9.26. The number of aromatic hydroxyl groups is 1. The predicted molar refractivity (Wildman–Crippen MR) is 156 cm³/mol. The Morgan fingerprint density at radius 2 is 1.59 bits per heavy atom. The highest BCUT2D eigenvalue weighted by molar-refractivity contribution is 6.58. The minimum atomic E-state index is -2.20. The number of nitrogens with zero attached hydrogens (tertiary/aromatic N) is 4. The second kappa shape index (κ2) is 12.2. The quantitative estimate of drug-likeness (QED) is 0.266. The lowest BCUT2D eigenvalue weighted by molar-refractivity contribution is 0.125. The third-order valence-corrected chi connectivity index (χ3v) is 5.53. The Balaban J connectivity index is 1.93. The van der Waals surface area contributed by atoms with E-state index in [0.29, 0.717) is 5.02 Å². The maximum absolute atomic E-state index is 14.1. The van der Waals surface area contributed by atoms with Gasteiger partial charge in [-0.25, -0.2) is 0 Å². The van der Waals surface area contributed by atoms with Gasteiger partial charge in [-0.2, -0.15) is 4.98 Å². The molecule has 0 atom stereocenters. The van der Waals surface area contributed by atoms with E-state index in [4.69, 9.17) is 77.3 Å². The first-order chi connectivity index (χ1) is 19.3. The van der Waals surface area contributed by atoms with E-state index in [-0.39, 0.29) is 54.4 Å². The number of rotatable bonds is 11. The minimum Gasteiger partial charge on any atom is -0.514 e. The minimum absolute atomic E-state index is 0.103. The van der Waals surface area contributed by atoms with Crippen molar-refractivity contribution >= 4 is 58.7 Å². The van der Waals surface area contributed by atoms with Gasteiger partial charge in [-0.05, 0) is 47.4 Å². The summed E-state index contributed by atoms with van der Waals surface area (Å²) < 4.78 is 23.2. The highest BCUT2D eigenvalue weighted by Crippen LogP contribution is 2.36. The van der Waals surface area contributed by atoms with Crippen LogP contribution in [0, 0.1) is 0 Å². The predicted octanol–water partition coefficient (Wildman–Crippen LogP) is 0.760. The Morgan fingerprint density at radius 1 is 0.976 bits per heavy atom. The summed E-state index contributed by atoms with van der Waals surface area (Å²) in [6.07, 6.45) is 0.223. The van der Waals surface area contributed by atoms with E-state index in [9.17, 15) is 9.90 Å². The summed E-state index contributed by atoms with van der Waals surface area (Å²) in [4.78, 5) is 18.2. The van der Waals surface area contributed by atoms with Crippen molar-refractivity contribution in [3.05, 3.63) is 75.1 Å². The normalized spacial score (nSPS) is 11.9. The number of benzene rings is 2. The zero-order valence-corrected chi connectivity index (χ0v) is 22.5. The molecule has 0 aliphatic rings.